The van der Waals surface area contributed by atoms with Crippen LogP contribution < -0.4 is 5.32 Å². The van der Waals surface area contributed by atoms with E-state index in [9.17, 15) is 9.59 Å². The largest absolute Gasteiger partial charge is 0.344 e. The average Bonchev–Trinajstić information content (AvgIpc) is 2.61. The number of nitrogens with one attached hydrogen (secondary N) is 1. The molecule has 0 saturated heterocycles. The van der Waals surface area contributed by atoms with Crippen molar-refractivity contribution in [3.05, 3.63) is 18.0 Å². The second-order valence-corrected chi connectivity index (χ2v) is 2.41. The molecular weight excluding hydrogens is 170 g/mol. The highest BCUT2D eigenvalue weighted by molar-refractivity contribution is 5.93. The maximum Gasteiger partial charge on any atom is 0.269 e. The lowest BCUT2D eigenvalue weighted by molar-refractivity contribution is -0.107. The molecule has 1 aromatic heterocycles. The van der Waals surface area contributed by atoms with Gasteiger partial charge in [-0.1, -0.05) is 0 Å². The Balaban J connectivity index is 2.70. The zero-order valence-electron chi connectivity index (χ0n) is 7.36. The third-order valence-electron chi connectivity index (χ3n) is 1.59. The number of aryl methyl sites for hydroxylation is 1. The van der Waals surface area contributed by atoms with Crippen LogP contribution in [0.4, 0.5) is 0 Å². The molecule has 1 rings (SSSR count). The van der Waals surface area contributed by atoms with Gasteiger partial charge in [0.1, 0.15) is 12.0 Å². The molecular formula is C8H11N3O2. The van der Waals surface area contributed by atoms with Gasteiger partial charge in [0, 0.05) is 12.7 Å². The molecule has 0 atom stereocenters. The lowest BCUT2D eigenvalue weighted by Crippen LogP contribution is -2.27. The molecule has 1 amide bonds. The van der Waals surface area contributed by atoms with Crippen molar-refractivity contribution in [1.82, 2.24) is 15.1 Å². The van der Waals surface area contributed by atoms with E-state index in [0.29, 0.717) is 18.5 Å². The van der Waals surface area contributed by atoms with Gasteiger partial charge in [-0.05, 0) is 13.0 Å². The molecule has 1 N–H and O–H groups in total. The minimum Gasteiger partial charge on any atom is -0.344 e. The van der Waals surface area contributed by atoms with Gasteiger partial charge in [-0.25, -0.2) is 0 Å². The van der Waals surface area contributed by atoms with E-state index in [2.05, 4.69) is 10.4 Å². The lowest BCUT2D eigenvalue weighted by atomic mass is 10.4. The Hall–Kier alpha value is -1.65. The van der Waals surface area contributed by atoms with E-state index in [1.54, 1.807) is 16.9 Å². The van der Waals surface area contributed by atoms with Crippen LogP contribution in [0.3, 0.4) is 0 Å². The molecule has 0 aliphatic heterocycles. The summed E-state index contributed by atoms with van der Waals surface area (Å²) in [6.45, 7) is 2.56. The van der Waals surface area contributed by atoms with Gasteiger partial charge in [-0.15, -0.1) is 0 Å². The number of amides is 1. The molecule has 0 saturated carbocycles. The molecule has 1 aromatic rings. The molecule has 0 unspecified atom stereocenters. The van der Waals surface area contributed by atoms with Crippen molar-refractivity contribution < 1.29 is 9.59 Å². The Morgan fingerprint density at radius 1 is 1.77 bits per heavy atom. The molecule has 0 aliphatic rings. The van der Waals surface area contributed by atoms with Crippen molar-refractivity contribution >= 4 is 12.2 Å². The fourth-order valence-electron chi connectivity index (χ4n) is 1.00. The molecule has 0 bridgehead atoms. The van der Waals surface area contributed by atoms with Crippen LogP contribution in [0.5, 0.6) is 0 Å². The second kappa shape index (κ2) is 4.39. The Kier molecular flexibility index (Phi) is 3.19. The zero-order valence-corrected chi connectivity index (χ0v) is 7.36. The summed E-state index contributed by atoms with van der Waals surface area (Å²) in [5, 5.41) is 6.37. The fourth-order valence-corrected chi connectivity index (χ4v) is 1.00. The summed E-state index contributed by atoms with van der Waals surface area (Å²) in [5.74, 6) is -0.272. The van der Waals surface area contributed by atoms with E-state index in [-0.39, 0.29) is 12.5 Å². The van der Waals surface area contributed by atoms with Crippen LogP contribution in [0.15, 0.2) is 12.3 Å². The normalized spacial score (nSPS) is 9.62. The van der Waals surface area contributed by atoms with Crippen LogP contribution in [0.1, 0.15) is 17.4 Å². The summed E-state index contributed by atoms with van der Waals surface area (Å²) in [5.41, 5.74) is 0.476. The standard InChI is InChI=1S/C8H11N3O2/c1-2-11-7(3-4-10-11)8(13)9-5-6-12/h3-4,6H,2,5H2,1H3,(H,9,13). The minimum atomic E-state index is -0.272. The first kappa shape index (κ1) is 9.44. The van der Waals surface area contributed by atoms with Crippen LogP contribution in [-0.2, 0) is 11.3 Å². The first-order valence-electron chi connectivity index (χ1n) is 4.03. The first-order chi connectivity index (χ1) is 6.29. The quantitative estimate of drug-likeness (QED) is 0.656. The van der Waals surface area contributed by atoms with E-state index in [0.717, 1.165) is 0 Å². The fraction of sp³-hybridized carbons (Fsp3) is 0.375. The molecule has 70 valence electrons. The van der Waals surface area contributed by atoms with Gasteiger partial charge in [0.25, 0.3) is 5.91 Å². The van der Waals surface area contributed by atoms with E-state index < -0.39 is 0 Å². The number of nitrogens with zero attached hydrogens (tertiary/aromatic N) is 2. The van der Waals surface area contributed by atoms with Crippen LogP contribution in [0, 0.1) is 0 Å². The topological polar surface area (TPSA) is 64.0 Å². The summed E-state index contributed by atoms with van der Waals surface area (Å²) in [6.07, 6.45) is 2.20. The van der Waals surface area contributed by atoms with Crippen LogP contribution >= 0.6 is 0 Å². The van der Waals surface area contributed by atoms with Gasteiger partial charge in [-0.2, -0.15) is 5.10 Å². The minimum absolute atomic E-state index is 0.0354. The predicted molar refractivity (Wildman–Crippen MR) is 46.3 cm³/mol. The molecule has 0 spiro atoms. The molecule has 0 radical (unpaired) electrons. The molecule has 5 nitrogen and oxygen atoms in total. The van der Waals surface area contributed by atoms with Crippen molar-refractivity contribution in [2.75, 3.05) is 6.54 Å². The zero-order chi connectivity index (χ0) is 9.68. The van der Waals surface area contributed by atoms with Crippen LogP contribution in [0.25, 0.3) is 0 Å². The van der Waals surface area contributed by atoms with Crippen molar-refractivity contribution in [1.29, 1.82) is 0 Å². The maximum absolute atomic E-state index is 11.3. The van der Waals surface area contributed by atoms with Gasteiger partial charge >= 0.3 is 0 Å². The summed E-state index contributed by atoms with van der Waals surface area (Å²) in [7, 11) is 0. The second-order valence-electron chi connectivity index (χ2n) is 2.41. The van der Waals surface area contributed by atoms with Crippen LogP contribution in [-0.4, -0.2) is 28.5 Å². The third-order valence-corrected chi connectivity index (χ3v) is 1.59. The number of hydrogen-bond donors (Lipinski definition) is 1. The van der Waals surface area contributed by atoms with Gasteiger partial charge in [-0.3, -0.25) is 9.48 Å². The summed E-state index contributed by atoms with van der Waals surface area (Å²) < 4.78 is 1.57. The molecule has 5 heteroatoms. The Morgan fingerprint density at radius 3 is 3.15 bits per heavy atom. The Bertz CT molecular complexity index is 306. The van der Waals surface area contributed by atoms with Gasteiger partial charge in [0.05, 0.1) is 6.54 Å². The molecule has 0 fully saturated rings. The summed E-state index contributed by atoms with van der Waals surface area (Å²) in [4.78, 5) is 21.3. The highest BCUT2D eigenvalue weighted by Crippen LogP contribution is 1.97. The number of aldehydes is 1. The van der Waals surface area contributed by atoms with E-state index >= 15 is 0 Å². The van der Waals surface area contributed by atoms with Gasteiger partial charge in [0.15, 0.2) is 0 Å². The Morgan fingerprint density at radius 2 is 2.54 bits per heavy atom. The highest BCUT2D eigenvalue weighted by atomic mass is 16.2. The molecule has 1 heterocycles. The first-order valence-corrected chi connectivity index (χ1v) is 4.03. The Labute approximate surface area is 75.7 Å². The number of carbonyl (C=O) groups is 2. The average molecular weight is 181 g/mol. The van der Waals surface area contributed by atoms with Crippen molar-refractivity contribution in [3.63, 3.8) is 0 Å². The van der Waals surface area contributed by atoms with E-state index in [4.69, 9.17) is 0 Å². The van der Waals surface area contributed by atoms with Crippen molar-refractivity contribution in [2.45, 2.75) is 13.5 Å². The smallest absolute Gasteiger partial charge is 0.269 e. The monoisotopic (exact) mass is 181 g/mol. The molecule has 13 heavy (non-hydrogen) atoms. The summed E-state index contributed by atoms with van der Waals surface area (Å²) in [6, 6.07) is 1.61. The number of aromatic nitrogens is 2. The molecule has 0 aliphatic carbocycles. The lowest BCUT2D eigenvalue weighted by Gasteiger charge is -2.03. The van der Waals surface area contributed by atoms with Crippen molar-refractivity contribution in [2.24, 2.45) is 0 Å². The van der Waals surface area contributed by atoms with Crippen molar-refractivity contribution in [3.8, 4) is 0 Å². The molecule has 0 aromatic carbocycles. The van der Waals surface area contributed by atoms with E-state index in [1.807, 2.05) is 6.92 Å². The van der Waals surface area contributed by atoms with Gasteiger partial charge < -0.3 is 10.1 Å². The number of hydrogen-bond acceptors (Lipinski definition) is 3. The van der Waals surface area contributed by atoms with E-state index in [1.165, 1.54) is 0 Å². The van der Waals surface area contributed by atoms with Crippen LogP contribution in [0.2, 0.25) is 0 Å². The van der Waals surface area contributed by atoms with Gasteiger partial charge in [0.2, 0.25) is 0 Å². The third kappa shape index (κ3) is 2.14. The highest BCUT2D eigenvalue weighted by Gasteiger charge is 2.09. The summed E-state index contributed by atoms with van der Waals surface area (Å²) >= 11 is 0. The SMILES string of the molecule is CCn1nccc1C(=O)NCC=O. The maximum atomic E-state index is 11.3. The number of carbonyl (C=O) groups excluding carboxylic acids is 2. The predicted octanol–water partition coefficient (Wildman–Crippen LogP) is -0.168. The number of rotatable bonds is 4.